The molecule has 1 fully saturated rings. The van der Waals surface area contributed by atoms with Crippen LogP contribution in [0.4, 0.5) is 0 Å². The van der Waals surface area contributed by atoms with Crippen LogP contribution in [0, 0.1) is 0 Å². The van der Waals surface area contributed by atoms with Crippen LogP contribution in [0.2, 0.25) is 0 Å². The maximum absolute atomic E-state index is 13.8. The first-order valence-electron chi connectivity index (χ1n) is 12.1. The van der Waals surface area contributed by atoms with E-state index in [9.17, 15) is 35.4 Å². The van der Waals surface area contributed by atoms with Gasteiger partial charge in [0.25, 0.3) is 0 Å². The van der Waals surface area contributed by atoms with E-state index in [4.69, 9.17) is 18.6 Å². The molecule has 206 valence electrons. The van der Waals surface area contributed by atoms with E-state index in [0.29, 0.717) is 11.3 Å². The van der Waals surface area contributed by atoms with Crippen molar-refractivity contribution in [3.05, 3.63) is 46.1 Å². The number of phenolic OH excluding ortho intramolecular Hbond substituents is 2. The second-order valence-electron chi connectivity index (χ2n) is 10.0. The van der Waals surface area contributed by atoms with Crippen molar-refractivity contribution >= 4 is 11.0 Å². The fourth-order valence-electron chi connectivity index (χ4n) is 4.31. The summed E-state index contributed by atoms with van der Waals surface area (Å²) in [4.78, 5) is 13.8. The second-order valence-corrected chi connectivity index (χ2v) is 10.0. The molecule has 1 aliphatic rings. The third kappa shape index (κ3) is 5.29. The maximum atomic E-state index is 13.8. The summed E-state index contributed by atoms with van der Waals surface area (Å²) in [5.41, 5.74) is -1.48. The van der Waals surface area contributed by atoms with Crippen molar-refractivity contribution in [1.29, 1.82) is 0 Å². The van der Waals surface area contributed by atoms with Crippen molar-refractivity contribution in [3.8, 4) is 34.3 Å². The van der Waals surface area contributed by atoms with Crippen LogP contribution in [-0.4, -0.2) is 74.1 Å². The van der Waals surface area contributed by atoms with Crippen LogP contribution in [0.25, 0.3) is 22.3 Å². The minimum Gasteiger partial charge on any atom is -0.507 e. The number of fused-ring (bicyclic) bond motifs is 1. The summed E-state index contributed by atoms with van der Waals surface area (Å²) in [6.45, 7) is 4.66. The third-order valence-electron chi connectivity index (χ3n) is 6.56. The van der Waals surface area contributed by atoms with E-state index in [0.717, 1.165) is 6.07 Å². The summed E-state index contributed by atoms with van der Waals surface area (Å²) >= 11 is 0. The van der Waals surface area contributed by atoms with Gasteiger partial charge in [0.05, 0.1) is 18.8 Å². The Labute approximate surface area is 218 Å². The molecular formula is C27H32O11. The minimum atomic E-state index is -1.71. The van der Waals surface area contributed by atoms with Gasteiger partial charge in [0.15, 0.2) is 5.76 Å². The second kappa shape index (κ2) is 10.4. The van der Waals surface area contributed by atoms with Crippen LogP contribution < -0.4 is 14.9 Å². The summed E-state index contributed by atoms with van der Waals surface area (Å²) in [5.74, 6) is -0.912. The molecule has 0 bridgehead atoms. The van der Waals surface area contributed by atoms with Crippen molar-refractivity contribution < 1.29 is 49.3 Å². The van der Waals surface area contributed by atoms with E-state index in [1.165, 1.54) is 14.0 Å². The van der Waals surface area contributed by atoms with Gasteiger partial charge in [-0.05, 0) is 57.9 Å². The molecule has 1 aliphatic heterocycles. The lowest BCUT2D eigenvalue weighted by molar-refractivity contribution is -0.268. The first kappa shape index (κ1) is 27.7. The summed E-state index contributed by atoms with van der Waals surface area (Å²) in [6.07, 6.45) is -6.88. The number of rotatable bonds is 7. The van der Waals surface area contributed by atoms with E-state index in [-0.39, 0.29) is 40.9 Å². The summed E-state index contributed by atoms with van der Waals surface area (Å²) in [5, 5.41) is 61.9. The molecule has 3 aromatic rings. The van der Waals surface area contributed by atoms with Crippen LogP contribution in [-0.2, 0) is 11.2 Å². The van der Waals surface area contributed by atoms with Gasteiger partial charge >= 0.3 is 0 Å². The number of methoxy groups -OCH3 is 1. The average Bonchev–Trinajstić information content (AvgIpc) is 2.86. The van der Waals surface area contributed by atoms with E-state index < -0.39 is 53.2 Å². The molecule has 0 amide bonds. The van der Waals surface area contributed by atoms with E-state index >= 15 is 0 Å². The Hall–Kier alpha value is -3.35. The summed E-state index contributed by atoms with van der Waals surface area (Å²) in [6, 6.07) is 7.42. The maximum Gasteiger partial charge on any atom is 0.239 e. The fraction of sp³-hybridized carbons (Fsp3) is 0.444. The zero-order valence-electron chi connectivity index (χ0n) is 21.4. The molecule has 11 nitrogen and oxygen atoms in total. The number of aliphatic hydroxyl groups is 4. The Balaban J connectivity index is 1.94. The number of aryl methyl sites for hydroxylation is 1. The average molecular weight is 533 g/mol. The normalized spacial score (nSPS) is 23.9. The Morgan fingerprint density at radius 2 is 1.66 bits per heavy atom. The van der Waals surface area contributed by atoms with Crippen LogP contribution in [0.15, 0.2) is 39.5 Å². The molecule has 0 spiro atoms. The van der Waals surface area contributed by atoms with Crippen LogP contribution >= 0.6 is 0 Å². The highest BCUT2D eigenvalue weighted by molar-refractivity contribution is 5.91. The quantitative estimate of drug-likeness (QED) is 0.261. The van der Waals surface area contributed by atoms with E-state index in [1.54, 1.807) is 38.1 Å². The van der Waals surface area contributed by atoms with Gasteiger partial charge < -0.3 is 49.3 Å². The number of aromatic hydroxyl groups is 2. The zero-order chi connectivity index (χ0) is 27.9. The van der Waals surface area contributed by atoms with Crippen LogP contribution in [0.1, 0.15) is 32.8 Å². The number of benzene rings is 2. The largest absolute Gasteiger partial charge is 0.507 e. The van der Waals surface area contributed by atoms with Crippen molar-refractivity contribution in [1.82, 2.24) is 0 Å². The molecule has 0 aliphatic carbocycles. The lowest BCUT2D eigenvalue weighted by Gasteiger charge is -2.38. The Kier molecular flexibility index (Phi) is 7.60. The predicted molar refractivity (Wildman–Crippen MR) is 135 cm³/mol. The monoisotopic (exact) mass is 532 g/mol. The molecule has 1 saturated heterocycles. The van der Waals surface area contributed by atoms with Gasteiger partial charge in [0.1, 0.15) is 46.5 Å². The lowest BCUT2D eigenvalue weighted by atomic mass is 9.96. The number of hydrogen-bond donors (Lipinski definition) is 6. The van der Waals surface area contributed by atoms with Gasteiger partial charge in [0.2, 0.25) is 17.5 Å². The van der Waals surface area contributed by atoms with Crippen molar-refractivity contribution in [3.63, 3.8) is 0 Å². The summed E-state index contributed by atoms with van der Waals surface area (Å²) in [7, 11) is 1.49. The van der Waals surface area contributed by atoms with Gasteiger partial charge in [0, 0.05) is 17.2 Å². The molecule has 2 unspecified atom stereocenters. The molecule has 5 atom stereocenters. The number of phenols is 2. The standard InChI is InChI=1S/C27H32O11/c1-12-19(30)21(32)22(33)26(36-12)38-25-20(31)18-17(29)11-16(28)15(9-10-27(2,3)34)24(18)37-23(25)13-5-7-14(35-4)8-6-13/h5-8,11-12,19,21-22,26,28-30,32-34H,9-10H2,1-4H3/t12?,19-,21?,22-,26-/m0/s1. The van der Waals surface area contributed by atoms with Crippen LogP contribution in [0.5, 0.6) is 23.0 Å². The van der Waals surface area contributed by atoms with Crippen LogP contribution in [0.3, 0.4) is 0 Å². The molecule has 6 N–H and O–H groups in total. The molecule has 0 saturated carbocycles. The number of hydrogen-bond acceptors (Lipinski definition) is 11. The molecule has 11 heteroatoms. The van der Waals surface area contributed by atoms with E-state index in [2.05, 4.69) is 0 Å². The highest BCUT2D eigenvalue weighted by Gasteiger charge is 2.44. The van der Waals surface area contributed by atoms with Gasteiger partial charge in [-0.15, -0.1) is 0 Å². The van der Waals surface area contributed by atoms with E-state index in [1.807, 2.05) is 0 Å². The highest BCUT2D eigenvalue weighted by Crippen LogP contribution is 2.40. The Morgan fingerprint density at radius 3 is 2.26 bits per heavy atom. The Bertz CT molecular complexity index is 1360. The smallest absolute Gasteiger partial charge is 0.239 e. The molecule has 4 rings (SSSR count). The molecule has 38 heavy (non-hydrogen) atoms. The molecular weight excluding hydrogens is 500 g/mol. The SMILES string of the molecule is COc1ccc(-c2oc3c(CCC(C)(C)O)c(O)cc(O)c3c(=O)c2O[C@@H]2OC(C)[C@H](O)C(O)[C@@H]2O)cc1. The topological polar surface area (TPSA) is 179 Å². The highest BCUT2D eigenvalue weighted by atomic mass is 16.7. The number of aliphatic hydroxyl groups excluding tert-OH is 3. The molecule has 1 aromatic heterocycles. The first-order chi connectivity index (χ1) is 17.8. The van der Waals surface area contributed by atoms with Crippen molar-refractivity contribution in [2.24, 2.45) is 0 Å². The lowest BCUT2D eigenvalue weighted by Crippen LogP contribution is -2.58. The fourth-order valence-corrected chi connectivity index (χ4v) is 4.31. The van der Waals surface area contributed by atoms with Crippen molar-refractivity contribution in [2.45, 2.75) is 69.9 Å². The minimum absolute atomic E-state index is 0.108. The predicted octanol–water partition coefficient (Wildman–Crippen LogP) is 1.79. The van der Waals surface area contributed by atoms with Gasteiger partial charge in [-0.25, -0.2) is 0 Å². The Morgan fingerprint density at radius 1 is 1.00 bits per heavy atom. The van der Waals surface area contributed by atoms with Gasteiger partial charge in [-0.1, -0.05) is 0 Å². The molecule has 2 heterocycles. The van der Waals surface area contributed by atoms with Gasteiger partial charge in [-0.3, -0.25) is 4.79 Å². The van der Waals surface area contributed by atoms with Gasteiger partial charge in [-0.2, -0.15) is 0 Å². The zero-order valence-corrected chi connectivity index (χ0v) is 21.4. The molecule has 2 aromatic carbocycles. The molecule has 0 radical (unpaired) electrons. The summed E-state index contributed by atoms with van der Waals surface area (Å²) < 4.78 is 22.6. The third-order valence-corrected chi connectivity index (χ3v) is 6.56. The number of ether oxygens (including phenoxy) is 3. The van der Waals surface area contributed by atoms with Crippen molar-refractivity contribution in [2.75, 3.05) is 7.11 Å². The first-order valence-corrected chi connectivity index (χ1v) is 12.1.